The van der Waals surface area contributed by atoms with E-state index in [0.717, 1.165) is 12.8 Å². The zero-order valence-corrected chi connectivity index (χ0v) is 14.7. The number of ether oxygens (including phenoxy) is 1. The van der Waals surface area contributed by atoms with Gasteiger partial charge in [-0.15, -0.1) is 0 Å². The maximum absolute atomic E-state index is 12.2. The van der Waals surface area contributed by atoms with Crippen LogP contribution in [-0.4, -0.2) is 60.9 Å². The Balaban J connectivity index is 1.77. The number of aliphatic carboxylic acids is 1. The number of amides is 2. The van der Waals surface area contributed by atoms with Crippen molar-refractivity contribution in [3.05, 3.63) is 24.2 Å². The van der Waals surface area contributed by atoms with E-state index in [4.69, 9.17) is 14.3 Å². The summed E-state index contributed by atoms with van der Waals surface area (Å²) in [4.78, 5) is 25.0. The summed E-state index contributed by atoms with van der Waals surface area (Å²) in [5.41, 5.74) is 0. The number of carbonyl (C=O) groups is 2. The third-order valence-electron chi connectivity index (χ3n) is 4.51. The lowest BCUT2D eigenvalue weighted by Gasteiger charge is -2.42. The summed E-state index contributed by atoms with van der Waals surface area (Å²) in [5, 5.41) is 14.8. The fourth-order valence-corrected chi connectivity index (χ4v) is 3.07. The number of carboxylic acid groups (broad SMARTS) is 1. The molecular weight excluding hydrogens is 326 g/mol. The van der Waals surface area contributed by atoms with Gasteiger partial charge >= 0.3 is 12.0 Å². The predicted octanol–water partition coefficient (Wildman–Crippen LogP) is 1.59. The molecule has 1 fully saturated rings. The van der Waals surface area contributed by atoms with Gasteiger partial charge < -0.3 is 24.9 Å². The van der Waals surface area contributed by atoms with Crippen molar-refractivity contribution in [3.63, 3.8) is 0 Å². The van der Waals surface area contributed by atoms with Crippen LogP contribution in [0.2, 0.25) is 0 Å². The molecule has 8 heteroatoms. The Morgan fingerprint density at radius 3 is 2.80 bits per heavy atom. The predicted molar refractivity (Wildman–Crippen MR) is 91.3 cm³/mol. The van der Waals surface area contributed by atoms with Crippen LogP contribution in [0.4, 0.5) is 4.79 Å². The van der Waals surface area contributed by atoms with Gasteiger partial charge in [-0.25, -0.2) is 4.79 Å². The second-order valence-corrected chi connectivity index (χ2v) is 6.25. The van der Waals surface area contributed by atoms with Crippen molar-refractivity contribution in [2.45, 2.75) is 44.3 Å². The fraction of sp³-hybridized carbons (Fsp3) is 0.647. The van der Waals surface area contributed by atoms with Gasteiger partial charge in [-0.1, -0.05) is 6.92 Å². The van der Waals surface area contributed by atoms with Crippen LogP contribution in [0.15, 0.2) is 22.8 Å². The van der Waals surface area contributed by atoms with E-state index in [-0.39, 0.29) is 30.7 Å². The summed E-state index contributed by atoms with van der Waals surface area (Å²) in [6, 6.07) is 3.39. The van der Waals surface area contributed by atoms with Crippen LogP contribution in [0.25, 0.3) is 0 Å². The number of methoxy groups -OCH3 is 1. The molecule has 3 N–H and O–H groups in total. The second kappa shape index (κ2) is 9.43. The molecular formula is C17H27N3O5. The highest BCUT2D eigenvalue weighted by Crippen LogP contribution is 2.25. The van der Waals surface area contributed by atoms with Crippen molar-refractivity contribution >= 4 is 12.0 Å². The van der Waals surface area contributed by atoms with Crippen LogP contribution in [-0.2, 0) is 9.53 Å². The van der Waals surface area contributed by atoms with Gasteiger partial charge in [-0.2, -0.15) is 0 Å². The van der Waals surface area contributed by atoms with Crippen LogP contribution in [0.1, 0.15) is 38.0 Å². The number of urea groups is 1. The van der Waals surface area contributed by atoms with Gasteiger partial charge in [0, 0.05) is 25.8 Å². The molecule has 25 heavy (non-hydrogen) atoms. The Kier molecular flexibility index (Phi) is 7.27. The van der Waals surface area contributed by atoms with Crippen LogP contribution < -0.4 is 10.6 Å². The summed E-state index contributed by atoms with van der Waals surface area (Å²) in [6.07, 6.45) is 3.72. The van der Waals surface area contributed by atoms with E-state index in [1.165, 1.54) is 0 Å². The number of carboxylic acids is 1. The number of rotatable bonds is 10. The molecule has 8 nitrogen and oxygen atoms in total. The molecule has 1 unspecified atom stereocenters. The number of nitrogens with one attached hydrogen (secondary N) is 2. The zero-order chi connectivity index (χ0) is 18.2. The monoisotopic (exact) mass is 353 g/mol. The number of hydrogen-bond donors (Lipinski definition) is 3. The summed E-state index contributed by atoms with van der Waals surface area (Å²) >= 11 is 0. The molecule has 0 bridgehead atoms. The number of carbonyl (C=O) groups excluding carboxylic acids is 1. The molecule has 1 aliphatic rings. The molecule has 2 rings (SSSR count). The highest BCUT2D eigenvalue weighted by Gasteiger charge is 2.35. The number of furan rings is 1. The van der Waals surface area contributed by atoms with Crippen LogP contribution in [0.3, 0.4) is 0 Å². The van der Waals surface area contributed by atoms with Gasteiger partial charge in [-0.3, -0.25) is 9.69 Å². The van der Waals surface area contributed by atoms with Crippen molar-refractivity contribution in [2.75, 3.05) is 26.8 Å². The minimum atomic E-state index is -0.824. The van der Waals surface area contributed by atoms with Gasteiger partial charge in [0.25, 0.3) is 0 Å². The molecule has 140 valence electrons. The summed E-state index contributed by atoms with van der Waals surface area (Å²) in [5.74, 6) is -0.132. The Morgan fingerprint density at radius 2 is 2.24 bits per heavy atom. The van der Waals surface area contributed by atoms with E-state index in [0.29, 0.717) is 25.3 Å². The fourth-order valence-electron chi connectivity index (χ4n) is 3.07. The Labute approximate surface area is 147 Å². The molecule has 1 saturated carbocycles. The molecule has 1 aromatic rings. The minimum absolute atomic E-state index is 0.0394. The van der Waals surface area contributed by atoms with Crippen molar-refractivity contribution < 1.29 is 23.8 Å². The van der Waals surface area contributed by atoms with Crippen LogP contribution >= 0.6 is 0 Å². The van der Waals surface area contributed by atoms with E-state index < -0.39 is 5.97 Å². The third kappa shape index (κ3) is 5.75. The smallest absolute Gasteiger partial charge is 0.317 e. The first kappa shape index (κ1) is 19.3. The Bertz CT molecular complexity index is 542. The number of nitrogens with zero attached hydrogens (tertiary/aromatic N) is 1. The van der Waals surface area contributed by atoms with Gasteiger partial charge in [0.1, 0.15) is 5.76 Å². The summed E-state index contributed by atoms with van der Waals surface area (Å²) < 4.78 is 10.5. The third-order valence-corrected chi connectivity index (χ3v) is 4.51. The van der Waals surface area contributed by atoms with E-state index in [9.17, 15) is 9.59 Å². The maximum atomic E-state index is 12.2. The lowest BCUT2D eigenvalue weighted by molar-refractivity contribution is -0.139. The molecule has 0 aromatic carbocycles. The van der Waals surface area contributed by atoms with E-state index in [1.807, 2.05) is 17.9 Å². The van der Waals surface area contributed by atoms with Crippen molar-refractivity contribution in [3.8, 4) is 0 Å². The molecule has 0 spiro atoms. The molecule has 0 saturated heterocycles. The van der Waals surface area contributed by atoms with E-state index >= 15 is 0 Å². The first-order valence-corrected chi connectivity index (χ1v) is 8.58. The highest BCUT2D eigenvalue weighted by atomic mass is 16.5. The number of likely N-dealkylation sites (N-methyl/N-ethyl adjacent to an activating group) is 1. The van der Waals surface area contributed by atoms with Gasteiger partial charge in [0.05, 0.1) is 18.8 Å². The topological polar surface area (TPSA) is 104 Å². The molecule has 0 aliphatic heterocycles. The molecule has 1 aliphatic carbocycles. The number of hydrogen-bond acceptors (Lipinski definition) is 5. The SMILES string of the molecule is CCN(CC(=O)O)C1CC(NC(=O)NC(CCOC)c2ccco2)C1. The quantitative estimate of drug-likeness (QED) is 0.590. The molecule has 1 atom stereocenters. The molecule has 0 radical (unpaired) electrons. The Morgan fingerprint density at radius 1 is 1.48 bits per heavy atom. The Hall–Kier alpha value is -2.06. The minimum Gasteiger partial charge on any atom is -0.480 e. The highest BCUT2D eigenvalue weighted by molar-refractivity contribution is 5.75. The van der Waals surface area contributed by atoms with Crippen LogP contribution in [0, 0.1) is 0 Å². The van der Waals surface area contributed by atoms with Crippen molar-refractivity contribution in [1.29, 1.82) is 0 Å². The van der Waals surface area contributed by atoms with E-state index in [2.05, 4.69) is 10.6 Å². The second-order valence-electron chi connectivity index (χ2n) is 6.25. The normalized spacial score (nSPS) is 20.8. The van der Waals surface area contributed by atoms with Crippen LogP contribution in [0.5, 0.6) is 0 Å². The standard InChI is InChI=1S/C17H27N3O5/c1-3-20(11-16(21)22)13-9-12(10-13)18-17(23)19-14(6-8-24-2)15-5-4-7-25-15/h4-5,7,12-14H,3,6,8-11H2,1-2H3,(H,21,22)(H2,18,19,23). The molecule has 1 heterocycles. The average molecular weight is 353 g/mol. The van der Waals surface area contributed by atoms with Gasteiger partial charge in [0.15, 0.2) is 0 Å². The zero-order valence-electron chi connectivity index (χ0n) is 14.7. The molecule has 2 amide bonds. The summed E-state index contributed by atoms with van der Waals surface area (Å²) in [6.45, 7) is 3.18. The first-order chi connectivity index (χ1) is 12.0. The molecule has 1 aromatic heterocycles. The van der Waals surface area contributed by atoms with Gasteiger partial charge in [-0.05, 0) is 37.9 Å². The van der Waals surface area contributed by atoms with Crippen molar-refractivity contribution in [1.82, 2.24) is 15.5 Å². The first-order valence-electron chi connectivity index (χ1n) is 8.58. The van der Waals surface area contributed by atoms with Crippen molar-refractivity contribution in [2.24, 2.45) is 0 Å². The van der Waals surface area contributed by atoms with Gasteiger partial charge in [0.2, 0.25) is 0 Å². The average Bonchev–Trinajstić information content (AvgIpc) is 3.06. The lowest BCUT2D eigenvalue weighted by atomic mass is 9.85. The maximum Gasteiger partial charge on any atom is 0.317 e. The van der Waals surface area contributed by atoms with E-state index in [1.54, 1.807) is 19.4 Å². The largest absolute Gasteiger partial charge is 0.480 e. The lowest BCUT2D eigenvalue weighted by Crippen LogP contribution is -2.56. The summed E-state index contributed by atoms with van der Waals surface area (Å²) in [7, 11) is 1.62.